The summed E-state index contributed by atoms with van der Waals surface area (Å²) in [5.41, 5.74) is 1.63. The zero-order chi connectivity index (χ0) is 13.9. The SMILES string of the molecule is O=C(c1cccc(Br)n1)N1CCCC1c1ccncc1. The highest BCUT2D eigenvalue weighted by molar-refractivity contribution is 9.10. The van der Waals surface area contributed by atoms with E-state index in [0.29, 0.717) is 10.3 Å². The van der Waals surface area contributed by atoms with Gasteiger partial charge in [0.2, 0.25) is 0 Å². The Morgan fingerprint density at radius 2 is 2.05 bits per heavy atom. The first kappa shape index (κ1) is 13.2. The molecule has 0 radical (unpaired) electrons. The lowest BCUT2D eigenvalue weighted by Crippen LogP contribution is -2.31. The summed E-state index contributed by atoms with van der Waals surface area (Å²) in [7, 11) is 0. The van der Waals surface area contributed by atoms with Crippen LogP contribution in [0.2, 0.25) is 0 Å². The second-order valence-electron chi connectivity index (χ2n) is 4.78. The van der Waals surface area contributed by atoms with Gasteiger partial charge in [0.1, 0.15) is 10.3 Å². The summed E-state index contributed by atoms with van der Waals surface area (Å²) in [4.78, 5) is 22.8. The zero-order valence-electron chi connectivity index (χ0n) is 10.9. The number of amides is 1. The van der Waals surface area contributed by atoms with Gasteiger partial charge in [-0.25, -0.2) is 4.98 Å². The molecule has 1 aliphatic heterocycles. The maximum atomic E-state index is 12.6. The van der Waals surface area contributed by atoms with Crippen LogP contribution in [0.4, 0.5) is 0 Å². The maximum Gasteiger partial charge on any atom is 0.273 e. The molecule has 3 heterocycles. The Bertz CT molecular complexity index is 618. The predicted octanol–water partition coefficient (Wildman–Crippen LogP) is 3.22. The molecule has 5 heteroatoms. The minimum Gasteiger partial charge on any atom is -0.330 e. The van der Waals surface area contributed by atoms with Crippen LogP contribution in [0.1, 0.15) is 34.9 Å². The van der Waals surface area contributed by atoms with Crippen LogP contribution in [0.3, 0.4) is 0 Å². The smallest absolute Gasteiger partial charge is 0.273 e. The molecule has 102 valence electrons. The molecule has 1 amide bonds. The number of hydrogen-bond acceptors (Lipinski definition) is 3. The Morgan fingerprint density at radius 3 is 2.80 bits per heavy atom. The highest BCUT2D eigenvalue weighted by Gasteiger charge is 2.31. The molecule has 2 aromatic rings. The Balaban J connectivity index is 1.87. The first-order chi connectivity index (χ1) is 9.75. The van der Waals surface area contributed by atoms with Crippen LogP contribution in [-0.4, -0.2) is 27.3 Å². The van der Waals surface area contributed by atoms with E-state index in [0.717, 1.165) is 24.9 Å². The second kappa shape index (κ2) is 5.71. The van der Waals surface area contributed by atoms with Crippen molar-refractivity contribution in [3.63, 3.8) is 0 Å². The molecule has 0 saturated carbocycles. The molecule has 20 heavy (non-hydrogen) atoms. The molecule has 3 rings (SSSR count). The van der Waals surface area contributed by atoms with Crippen LogP contribution >= 0.6 is 15.9 Å². The molecule has 1 unspecified atom stereocenters. The molecule has 0 aliphatic carbocycles. The Morgan fingerprint density at radius 1 is 1.25 bits per heavy atom. The molecule has 0 spiro atoms. The number of hydrogen-bond donors (Lipinski definition) is 0. The third kappa shape index (κ3) is 2.58. The summed E-state index contributed by atoms with van der Waals surface area (Å²) >= 11 is 3.31. The summed E-state index contributed by atoms with van der Waals surface area (Å²) < 4.78 is 0.683. The third-order valence-electron chi connectivity index (χ3n) is 3.54. The van der Waals surface area contributed by atoms with E-state index in [1.54, 1.807) is 18.5 Å². The molecule has 4 nitrogen and oxygen atoms in total. The number of aromatic nitrogens is 2. The van der Waals surface area contributed by atoms with Crippen molar-refractivity contribution in [1.29, 1.82) is 0 Å². The summed E-state index contributed by atoms with van der Waals surface area (Å²) in [6.45, 7) is 0.778. The van der Waals surface area contributed by atoms with Crippen LogP contribution in [-0.2, 0) is 0 Å². The van der Waals surface area contributed by atoms with Crippen molar-refractivity contribution < 1.29 is 4.79 Å². The van der Waals surface area contributed by atoms with Gasteiger partial charge in [-0.15, -0.1) is 0 Å². The Hall–Kier alpha value is -1.75. The van der Waals surface area contributed by atoms with Crippen molar-refractivity contribution >= 4 is 21.8 Å². The highest BCUT2D eigenvalue weighted by atomic mass is 79.9. The molecular formula is C15H14BrN3O. The molecule has 0 bridgehead atoms. The van der Waals surface area contributed by atoms with E-state index >= 15 is 0 Å². The molecular weight excluding hydrogens is 318 g/mol. The average molecular weight is 332 g/mol. The number of rotatable bonds is 2. The van der Waals surface area contributed by atoms with Gasteiger partial charge in [-0.2, -0.15) is 0 Å². The van der Waals surface area contributed by atoms with Gasteiger partial charge in [0.15, 0.2) is 0 Å². The van der Waals surface area contributed by atoms with Gasteiger partial charge in [0, 0.05) is 18.9 Å². The van der Waals surface area contributed by atoms with E-state index in [-0.39, 0.29) is 11.9 Å². The van der Waals surface area contributed by atoms with Gasteiger partial charge < -0.3 is 4.90 Å². The lowest BCUT2D eigenvalue weighted by atomic mass is 10.1. The number of nitrogens with zero attached hydrogens (tertiary/aromatic N) is 3. The summed E-state index contributed by atoms with van der Waals surface area (Å²) in [5, 5.41) is 0. The number of likely N-dealkylation sites (tertiary alicyclic amines) is 1. The van der Waals surface area contributed by atoms with E-state index in [1.165, 1.54) is 0 Å². The third-order valence-corrected chi connectivity index (χ3v) is 3.98. The molecule has 0 aromatic carbocycles. The van der Waals surface area contributed by atoms with Crippen molar-refractivity contribution in [3.8, 4) is 0 Å². The largest absolute Gasteiger partial charge is 0.330 e. The fourth-order valence-electron chi connectivity index (χ4n) is 2.62. The van der Waals surface area contributed by atoms with Crippen molar-refractivity contribution in [1.82, 2.24) is 14.9 Å². The topological polar surface area (TPSA) is 46.1 Å². The van der Waals surface area contributed by atoms with Crippen LogP contribution in [0.5, 0.6) is 0 Å². The van der Waals surface area contributed by atoms with E-state index in [2.05, 4.69) is 25.9 Å². The van der Waals surface area contributed by atoms with E-state index in [9.17, 15) is 4.79 Å². The number of carbonyl (C=O) groups excluding carboxylic acids is 1. The molecule has 0 N–H and O–H groups in total. The lowest BCUT2D eigenvalue weighted by Gasteiger charge is -2.24. The van der Waals surface area contributed by atoms with Gasteiger partial charge in [-0.3, -0.25) is 9.78 Å². The summed E-state index contributed by atoms with van der Waals surface area (Å²) in [5.74, 6) is -0.00869. The van der Waals surface area contributed by atoms with Crippen molar-refractivity contribution in [2.45, 2.75) is 18.9 Å². The van der Waals surface area contributed by atoms with Crippen molar-refractivity contribution in [2.24, 2.45) is 0 Å². The molecule has 1 fully saturated rings. The number of pyridine rings is 2. The fraction of sp³-hybridized carbons (Fsp3) is 0.267. The van der Waals surface area contributed by atoms with Crippen LogP contribution in [0.25, 0.3) is 0 Å². The minimum atomic E-state index is -0.00869. The van der Waals surface area contributed by atoms with Gasteiger partial charge in [-0.1, -0.05) is 6.07 Å². The quantitative estimate of drug-likeness (QED) is 0.794. The minimum absolute atomic E-state index is 0.00869. The average Bonchev–Trinajstić information content (AvgIpc) is 2.97. The van der Waals surface area contributed by atoms with Crippen LogP contribution in [0.15, 0.2) is 47.3 Å². The molecule has 1 saturated heterocycles. The number of halogens is 1. The standard InChI is InChI=1S/C15H14BrN3O/c16-14-5-1-3-12(18-14)15(20)19-10-2-4-13(19)11-6-8-17-9-7-11/h1,3,5-9,13H,2,4,10H2. The van der Waals surface area contributed by atoms with Gasteiger partial charge >= 0.3 is 0 Å². The van der Waals surface area contributed by atoms with E-state index in [4.69, 9.17) is 0 Å². The number of carbonyl (C=O) groups is 1. The van der Waals surface area contributed by atoms with Crippen LogP contribution < -0.4 is 0 Å². The maximum absolute atomic E-state index is 12.6. The Labute approximate surface area is 126 Å². The second-order valence-corrected chi connectivity index (χ2v) is 5.60. The Kier molecular flexibility index (Phi) is 3.78. The normalized spacial score (nSPS) is 18.2. The van der Waals surface area contributed by atoms with Crippen molar-refractivity contribution in [2.75, 3.05) is 6.54 Å². The van der Waals surface area contributed by atoms with E-state index in [1.807, 2.05) is 29.2 Å². The lowest BCUT2D eigenvalue weighted by molar-refractivity contribution is 0.0729. The zero-order valence-corrected chi connectivity index (χ0v) is 12.5. The highest BCUT2D eigenvalue weighted by Crippen LogP contribution is 2.32. The summed E-state index contributed by atoms with van der Waals surface area (Å²) in [6.07, 6.45) is 5.55. The fourth-order valence-corrected chi connectivity index (χ4v) is 2.96. The van der Waals surface area contributed by atoms with Gasteiger partial charge in [0.25, 0.3) is 5.91 Å². The molecule has 2 aromatic heterocycles. The monoisotopic (exact) mass is 331 g/mol. The van der Waals surface area contributed by atoms with Crippen LogP contribution in [0, 0.1) is 0 Å². The molecule has 1 atom stereocenters. The first-order valence-corrected chi connectivity index (χ1v) is 7.38. The van der Waals surface area contributed by atoms with E-state index < -0.39 is 0 Å². The predicted molar refractivity (Wildman–Crippen MR) is 79.2 cm³/mol. The van der Waals surface area contributed by atoms with Crippen molar-refractivity contribution in [3.05, 3.63) is 58.6 Å². The first-order valence-electron chi connectivity index (χ1n) is 6.59. The molecule has 1 aliphatic rings. The van der Waals surface area contributed by atoms with Gasteiger partial charge in [-0.05, 0) is 58.6 Å². The van der Waals surface area contributed by atoms with Gasteiger partial charge in [0.05, 0.1) is 6.04 Å². The summed E-state index contributed by atoms with van der Waals surface area (Å²) in [6, 6.07) is 9.50.